The van der Waals surface area contributed by atoms with Crippen molar-refractivity contribution in [1.29, 1.82) is 0 Å². The number of rotatable bonds is 7. The van der Waals surface area contributed by atoms with Gasteiger partial charge in [0, 0.05) is 17.8 Å². The normalized spacial score (nSPS) is 12.3. The lowest BCUT2D eigenvalue weighted by molar-refractivity contribution is -0.384. The fourth-order valence-corrected chi connectivity index (χ4v) is 4.02. The van der Waals surface area contributed by atoms with Crippen LogP contribution in [0.1, 0.15) is 25.0 Å². The minimum Gasteiger partial charge on any atom is -0.324 e. The zero-order valence-corrected chi connectivity index (χ0v) is 17.0. The molecular weight excluding hydrogens is 382 g/mol. The van der Waals surface area contributed by atoms with Crippen molar-refractivity contribution < 1.29 is 18.1 Å². The predicted molar refractivity (Wildman–Crippen MR) is 109 cm³/mol. The quantitative estimate of drug-likeness (QED) is 0.562. The second-order valence-electron chi connectivity index (χ2n) is 6.50. The summed E-state index contributed by atoms with van der Waals surface area (Å²) in [5, 5.41) is 13.8. The van der Waals surface area contributed by atoms with E-state index in [1.165, 1.54) is 19.1 Å². The van der Waals surface area contributed by atoms with E-state index in [1.807, 2.05) is 19.1 Å². The fourth-order valence-electron chi connectivity index (χ4n) is 2.80. The first-order chi connectivity index (χ1) is 13.0. The minimum atomic E-state index is -3.88. The molecule has 2 rings (SSSR count). The molecule has 150 valence electrons. The van der Waals surface area contributed by atoms with E-state index < -0.39 is 26.9 Å². The first kappa shape index (κ1) is 21.4. The second kappa shape index (κ2) is 8.39. The van der Waals surface area contributed by atoms with E-state index >= 15 is 0 Å². The molecule has 0 saturated heterocycles. The second-order valence-corrected chi connectivity index (χ2v) is 8.36. The van der Waals surface area contributed by atoms with Gasteiger partial charge in [-0.25, -0.2) is 8.42 Å². The van der Waals surface area contributed by atoms with Gasteiger partial charge in [0.15, 0.2) is 0 Å². The van der Waals surface area contributed by atoms with Crippen molar-refractivity contribution in [3.63, 3.8) is 0 Å². The number of nitrogens with one attached hydrogen (secondary N) is 1. The summed E-state index contributed by atoms with van der Waals surface area (Å²) < 4.78 is 25.8. The van der Waals surface area contributed by atoms with Crippen molar-refractivity contribution >= 4 is 33.0 Å². The first-order valence-corrected chi connectivity index (χ1v) is 10.5. The van der Waals surface area contributed by atoms with E-state index in [4.69, 9.17) is 0 Å². The molecule has 2 aromatic carbocycles. The molecular formula is C19H23N3O5S. The highest BCUT2D eigenvalue weighted by atomic mass is 32.2. The van der Waals surface area contributed by atoms with Crippen LogP contribution in [0.5, 0.6) is 0 Å². The lowest BCUT2D eigenvalue weighted by Gasteiger charge is -2.29. The van der Waals surface area contributed by atoms with E-state index in [0.29, 0.717) is 11.3 Å². The Kier molecular flexibility index (Phi) is 6.40. The Morgan fingerprint density at radius 2 is 1.82 bits per heavy atom. The number of hydrogen-bond donors (Lipinski definition) is 1. The monoisotopic (exact) mass is 405 g/mol. The van der Waals surface area contributed by atoms with Gasteiger partial charge in [0.05, 0.1) is 16.9 Å². The maximum Gasteiger partial charge on any atom is 0.271 e. The molecule has 0 fully saturated rings. The minimum absolute atomic E-state index is 0.0979. The number of benzene rings is 2. The number of non-ortho nitro benzene ring substituents is 1. The average molecular weight is 405 g/mol. The van der Waals surface area contributed by atoms with E-state index in [-0.39, 0.29) is 11.4 Å². The molecule has 2 aromatic rings. The van der Waals surface area contributed by atoms with Gasteiger partial charge in [-0.05, 0) is 43.5 Å². The van der Waals surface area contributed by atoms with Gasteiger partial charge < -0.3 is 5.32 Å². The van der Waals surface area contributed by atoms with Crippen molar-refractivity contribution in [3.05, 3.63) is 63.7 Å². The van der Waals surface area contributed by atoms with Gasteiger partial charge in [-0.15, -0.1) is 0 Å². The lowest BCUT2D eigenvalue weighted by atomic mass is 10.1. The maximum absolute atomic E-state index is 12.7. The van der Waals surface area contributed by atoms with Crippen LogP contribution >= 0.6 is 0 Å². The van der Waals surface area contributed by atoms with Crippen LogP contribution in [0.25, 0.3) is 0 Å². The Hall–Kier alpha value is -2.94. The molecule has 0 aliphatic rings. The zero-order chi connectivity index (χ0) is 21.1. The summed E-state index contributed by atoms with van der Waals surface area (Å²) in [5.74, 6) is -0.541. The number of hydrogen-bond acceptors (Lipinski definition) is 5. The zero-order valence-electron chi connectivity index (χ0n) is 16.2. The summed E-state index contributed by atoms with van der Waals surface area (Å²) in [4.78, 5) is 23.2. The molecule has 1 atom stereocenters. The van der Waals surface area contributed by atoms with Gasteiger partial charge in [0.2, 0.25) is 15.9 Å². The summed E-state index contributed by atoms with van der Waals surface area (Å²) in [5.41, 5.74) is 2.00. The Balaban J connectivity index is 2.38. The molecule has 0 spiro atoms. The van der Waals surface area contributed by atoms with Gasteiger partial charge in [0.25, 0.3) is 5.69 Å². The highest BCUT2D eigenvalue weighted by Crippen LogP contribution is 2.29. The smallest absolute Gasteiger partial charge is 0.271 e. The summed E-state index contributed by atoms with van der Waals surface area (Å²) in [7, 11) is -3.88. The van der Waals surface area contributed by atoms with Gasteiger partial charge in [-0.3, -0.25) is 19.2 Å². The standard InChI is InChI=1S/C19H23N3O5S/c1-5-15-7-9-16(10-8-15)20-19(23)14(3)21(28(4,26)27)18-12-17(22(24)25)11-6-13(18)2/h6-12,14H,5H2,1-4H3,(H,20,23)/t14-/m0/s1. The average Bonchev–Trinajstić information content (AvgIpc) is 2.62. The van der Waals surface area contributed by atoms with Crippen LogP contribution in [-0.4, -0.2) is 31.5 Å². The molecule has 0 aromatic heterocycles. The van der Waals surface area contributed by atoms with E-state index in [0.717, 1.165) is 28.6 Å². The number of anilines is 2. The fraction of sp³-hybridized carbons (Fsp3) is 0.316. The Labute approximate surface area is 164 Å². The molecule has 1 N–H and O–H groups in total. The van der Waals surface area contributed by atoms with Crippen LogP contribution in [0, 0.1) is 17.0 Å². The highest BCUT2D eigenvalue weighted by Gasteiger charge is 2.31. The van der Waals surface area contributed by atoms with Crippen molar-refractivity contribution in [2.24, 2.45) is 0 Å². The van der Waals surface area contributed by atoms with Crippen LogP contribution in [0.3, 0.4) is 0 Å². The van der Waals surface area contributed by atoms with Gasteiger partial charge in [-0.1, -0.05) is 25.1 Å². The van der Waals surface area contributed by atoms with Gasteiger partial charge in [-0.2, -0.15) is 0 Å². The Bertz CT molecular complexity index is 987. The molecule has 0 saturated carbocycles. The summed E-state index contributed by atoms with van der Waals surface area (Å²) >= 11 is 0. The number of amides is 1. The third kappa shape index (κ3) is 4.86. The number of aryl methyl sites for hydroxylation is 2. The number of nitrogens with zero attached hydrogens (tertiary/aromatic N) is 2. The summed E-state index contributed by atoms with van der Waals surface area (Å²) in [6, 6.07) is 10.0. The largest absolute Gasteiger partial charge is 0.324 e. The third-order valence-corrected chi connectivity index (χ3v) is 5.59. The topological polar surface area (TPSA) is 110 Å². The van der Waals surface area contributed by atoms with Crippen LogP contribution in [0.15, 0.2) is 42.5 Å². The predicted octanol–water partition coefficient (Wildman–Crippen LogP) is 3.26. The number of carbonyl (C=O) groups excluding carboxylic acids is 1. The molecule has 9 heteroatoms. The highest BCUT2D eigenvalue weighted by molar-refractivity contribution is 7.92. The molecule has 0 heterocycles. The van der Waals surface area contributed by atoms with Gasteiger partial charge in [0.1, 0.15) is 6.04 Å². The first-order valence-electron chi connectivity index (χ1n) is 8.68. The molecule has 28 heavy (non-hydrogen) atoms. The Morgan fingerprint density at radius 1 is 1.21 bits per heavy atom. The third-order valence-electron chi connectivity index (χ3n) is 4.36. The molecule has 0 bridgehead atoms. The molecule has 0 radical (unpaired) electrons. The SMILES string of the molecule is CCc1ccc(NC(=O)[C@H](C)N(c2cc([N+](=O)[O-])ccc2C)S(C)(=O)=O)cc1. The van der Waals surface area contributed by atoms with Crippen LogP contribution in [0.2, 0.25) is 0 Å². The number of nitro groups is 1. The van der Waals surface area contributed by atoms with Gasteiger partial charge >= 0.3 is 0 Å². The number of nitro benzene ring substituents is 1. The molecule has 1 amide bonds. The van der Waals surface area contributed by atoms with Crippen molar-refractivity contribution in [3.8, 4) is 0 Å². The maximum atomic E-state index is 12.7. The molecule has 0 unspecified atom stereocenters. The molecule has 0 aliphatic heterocycles. The van der Waals surface area contributed by atoms with Crippen LogP contribution in [-0.2, 0) is 21.2 Å². The van der Waals surface area contributed by atoms with Crippen molar-refractivity contribution in [2.75, 3.05) is 15.9 Å². The van der Waals surface area contributed by atoms with Crippen LogP contribution in [0.4, 0.5) is 17.1 Å². The lowest BCUT2D eigenvalue weighted by Crippen LogP contribution is -2.45. The van der Waals surface area contributed by atoms with E-state index in [1.54, 1.807) is 19.1 Å². The number of carbonyl (C=O) groups is 1. The van der Waals surface area contributed by atoms with E-state index in [9.17, 15) is 23.3 Å². The molecule has 0 aliphatic carbocycles. The Morgan fingerprint density at radius 3 is 2.32 bits per heavy atom. The summed E-state index contributed by atoms with van der Waals surface area (Å²) in [6.07, 6.45) is 1.82. The van der Waals surface area contributed by atoms with Crippen molar-refractivity contribution in [1.82, 2.24) is 0 Å². The molecule has 8 nitrogen and oxygen atoms in total. The summed E-state index contributed by atoms with van der Waals surface area (Å²) in [6.45, 7) is 5.08. The number of sulfonamides is 1. The van der Waals surface area contributed by atoms with E-state index in [2.05, 4.69) is 5.32 Å². The van der Waals surface area contributed by atoms with Crippen molar-refractivity contribution in [2.45, 2.75) is 33.2 Å². The van der Waals surface area contributed by atoms with Crippen LogP contribution < -0.4 is 9.62 Å².